The lowest BCUT2D eigenvalue weighted by molar-refractivity contribution is -0.123. The largest absolute Gasteiger partial charge is 0.380 e. The summed E-state index contributed by atoms with van der Waals surface area (Å²) in [5.74, 6) is 0.103. The van der Waals surface area contributed by atoms with E-state index in [9.17, 15) is 9.59 Å². The van der Waals surface area contributed by atoms with E-state index >= 15 is 0 Å². The summed E-state index contributed by atoms with van der Waals surface area (Å²) in [4.78, 5) is 23.5. The van der Waals surface area contributed by atoms with Crippen molar-refractivity contribution in [3.05, 3.63) is 0 Å². The molecule has 0 bridgehead atoms. The molecule has 43 heavy (non-hydrogen) atoms. The first-order valence-corrected chi connectivity index (χ1v) is 16.5. The van der Waals surface area contributed by atoms with Gasteiger partial charge in [-0.1, -0.05) is 20.8 Å². The molecule has 0 saturated carbocycles. The van der Waals surface area contributed by atoms with Gasteiger partial charge in [-0.05, 0) is 106 Å². The van der Waals surface area contributed by atoms with Gasteiger partial charge in [-0.15, -0.1) is 0 Å². The zero-order chi connectivity index (χ0) is 33.4. The van der Waals surface area contributed by atoms with E-state index in [4.69, 9.17) is 14.2 Å². The molecule has 0 rings (SSSR count). The lowest BCUT2D eigenvalue weighted by Crippen LogP contribution is -2.38. The Labute approximate surface area is 266 Å². The van der Waals surface area contributed by atoms with Crippen molar-refractivity contribution in [1.82, 2.24) is 21.3 Å². The summed E-state index contributed by atoms with van der Waals surface area (Å²) in [6.07, 6.45) is 5.53. The molecule has 0 saturated heterocycles. The maximum absolute atomic E-state index is 11.8. The molecule has 4 N–H and O–H groups in total. The Hall–Kier alpha value is -1.26. The predicted octanol–water partition coefficient (Wildman–Crippen LogP) is 5.61. The van der Waals surface area contributed by atoms with Crippen LogP contribution in [0.5, 0.6) is 0 Å². The van der Waals surface area contributed by atoms with E-state index in [2.05, 4.69) is 83.6 Å². The van der Waals surface area contributed by atoms with Crippen molar-refractivity contribution in [2.75, 3.05) is 59.2 Å². The zero-order valence-electron chi connectivity index (χ0n) is 30.4. The van der Waals surface area contributed by atoms with Crippen molar-refractivity contribution in [3.8, 4) is 0 Å². The molecular weight excluding hydrogens is 544 g/mol. The summed E-state index contributed by atoms with van der Waals surface area (Å²) in [5.41, 5.74) is 0.569. The average molecular weight is 617 g/mol. The van der Waals surface area contributed by atoms with E-state index in [1.54, 1.807) is 0 Å². The van der Waals surface area contributed by atoms with Gasteiger partial charge >= 0.3 is 0 Å². The van der Waals surface area contributed by atoms with Crippen LogP contribution in [-0.4, -0.2) is 87.7 Å². The Morgan fingerprint density at radius 3 is 1.51 bits per heavy atom. The second kappa shape index (κ2) is 24.0. The van der Waals surface area contributed by atoms with Crippen molar-refractivity contribution in [1.29, 1.82) is 0 Å². The highest BCUT2D eigenvalue weighted by atomic mass is 16.5. The first-order valence-electron chi connectivity index (χ1n) is 16.5. The molecule has 9 heteroatoms. The molecule has 0 atom stereocenters. The van der Waals surface area contributed by atoms with Gasteiger partial charge in [0, 0.05) is 50.2 Å². The van der Waals surface area contributed by atoms with Crippen LogP contribution in [0.4, 0.5) is 0 Å². The Morgan fingerprint density at radius 1 is 0.512 bits per heavy atom. The summed E-state index contributed by atoms with van der Waals surface area (Å²) in [5, 5.41) is 12.6. The van der Waals surface area contributed by atoms with Crippen LogP contribution in [-0.2, 0) is 23.8 Å². The number of carbonyl (C=O) groups excluding carboxylic acids is 2. The van der Waals surface area contributed by atoms with Gasteiger partial charge < -0.3 is 35.5 Å². The lowest BCUT2D eigenvalue weighted by Gasteiger charge is -2.21. The first-order chi connectivity index (χ1) is 19.7. The monoisotopic (exact) mass is 617 g/mol. The molecule has 0 radical (unpaired) electrons. The molecule has 0 unspecified atom stereocenters. The van der Waals surface area contributed by atoms with Crippen molar-refractivity contribution in [2.24, 2.45) is 5.41 Å². The number of hydrogen-bond donors (Lipinski definition) is 4. The molecule has 0 aliphatic rings. The van der Waals surface area contributed by atoms with Crippen molar-refractivity contribution < 1.29 is 23.8 Å². The number of ether oxygens (including phenoxy) is 3. The first kappa shape index (κ1) is 43.9. The van der Waals surface area contributed by atoms with E-state index in [0.717, 1.165) is 58.4 Å². The highest BCUT2D eigenvalue weighted by molar-refractivity contribution is 5.77. The summed E-state index contributed by atoms with van der Waals surface area (Å²) >= 11 is 0. The minimum absolute atomic E-state index is 0.0342. The van der Waals surface area contributed by atoms with Gasteiger partial charge in [-0.3, -0.25) is 9.59 Å². The van der Waals surface area contributed by atoms with Gasteiger partial charge in [0.15, 0.2) is 0 Å². The van der Waals surface area contributed by atoms with Gasteiger partial charge in [0.1, 0.15) is 0 Å². The lowest BCUT2D eigenvalue weighted by atomic mass is 9.91. The Morgan fingerprint density at radius 2 is 1.00 bits per heavy atom. The quantitative estimate of drug-likeness (QED) is 0.124. The molecule has 0 spiro atoms. The number of carbonyl (C=O) groups is 2. The predicted molar refractivity (Wildman–Crippen MR) is 181 cm³/mol. The summed E-state index contributed by atoms with van der Waals surface area (Å²) in [7, 11) is 0. The fraction of sp³-hybridized carbons (Fsp3) is 0.941. The Kier molecular flexibility index (Phi) is 24.5. The van der Waals surface area contributed by atoms with Crippen LogP contribution in [0.15, 0.2) is 0 Å². The van der Waals surface area contributed by atoms with Crippen molar-refractivity contribution >= 4 is 11.8 Å². The SMILES string of the molecule is CC(C)(C)CCCOCCNC(=O)CCCCC(=O)NCCCNC(C)(C)C.CC(C)(C)NCCOCCOC(C)(C)C. The fourth-order valence-corrected chi connectivity index (χ4v) is 3.60. The highest BCUT2D eigenvalue weighted by Gasteiger charge is 2.11. The van der Waals surface area contributed by atoms with E-state index in [-0.39, 0.29) is 28.5 Å². The molecular formula is C34H72N4O5. The van der Waals surface area contributed by atoms with Crippen LogP contribution in [0.3, 0.4) is 0 Å². The van der Waals surface area contributed by atoms with E-state index in [0.29, 0.717) is 51.2 Å². The van der Waals surface area contributed by atoms with Gasteiger partial charge in [0.25, 0.3) is 0 Å². The third-order valence-corrected chi connectivity index (χ3v) is 5.84. The highest BCUT2D eigenvalue weighted by Crippen LogP contribution is 2.20. The van der Waals surface area contributed by atoms with Crippen molar-refractivity contribution in [2.45, 2.75) is 145 Å². The molecule has 9 nitrogen and oxygen atoms in total. The molecule has 258 valence electrons. The molecule has 0 fully saturated rings. The number of amides is 2. The molecule has 0 aromatic heterocycles. The maximum atomic E-state index is 11.8. The number of hydrogen-bond acceptors (Lipinski definition) is 7. The van der Waals surface area contributed by atoms with Crippen LogP contribution in [0.2, 0.25) is 0 Å². The van der Waals surface area contributed by atoms with E-state index < -0.39 is 0 Å². The third kappa shape index (κ3) is 42.9. The van der Waals surface area contributed by atoms with Gasteiger partial charge in [0.2, 0.25) is 11.8 Å². The summed E-state index contributed by atoms with van der Waals surface area (Å²) < 4.78 is 16.5. The second-order valence-corrected chi connectivity index (χ2v) is 15.5. The van der Waals surface area contributed by atoms with Crippen LogP contribution in [0.25, 0.3) is 0 Å². The molecule has 0 aromatic rings. The van der Waals surface area contributed by atoms with Gasteiger partial charge in [-0.2, -0.15) is 0 Å². The third-order valence-electron chi connectivity index (χ3n) is 5.84. The smallest absolute Gasteiger partial charge is 0.220 e. The molecule has 0 aliphatic carbocycles. The molecule has 0 aliphatic heterocycles. The van der Waals surface area contributed by atoms with Crippen LogP contribution >= 0.6 is 0 Å². The Bertz CT molecular complexity index is 671. The van der Waals surface area contributed by atoms with Crippen molar-refractivity contribution in [3.63, 3.8) is 0 Å². The summed E-state index contributed by atoms with van der Waals surface area (Å²) in [6, 6.07) is 0. The number of unbranched alkanes of at least 4 members (excludes halogenated alkanes) is 1. The standard InChI is InChI=1S/C22H45N3O3.C12H27NO2/c1-21(2,3)13-9-17-28-18-16-24-20(27)12-8-7-11-19(26)23-14-10-15-25-22(4,5)6;1-11(2,3)13-7-8-14-9-10-15-12(4,5)6/h25H,7-18H2,1-6H3,(H,23,26)(H,24,27);13H,7-10H2,1-6H3. The fourth-order valence-electron chi connectivity index (χ4n) is 3.60. The normalized spacial score (nSPS) is 12.5. The van der Waals surface area contributed by atoms with E-state index in [1.807, 2.05) is 20.8 Å². The van der Waals surface area contributed by atoms with E-state index in [1.165, 1.54) is 0 Å². The minimum Gasteiger partial charge on any atom is -0.380 e. The number of nitrogens with one attached hydrogen (secondary N) is 4. The van der Waals surface area contributed by atoms with Gasteiger partial charge in [0.05, 0.1) is 32.0 Å². The molecule has 2 amide bonds. The summed E-state index contributed by atoms with van der Waals surface area (Å²) in [6.45, 7) is 32.1. The average Bonchev–Trinajstić information content (AvgIpc) is 2.83. The molecule has 0 aromatic carbocycles. The van der Waals surface area contributed by atoms with Gasteiger partial charge in [-0.25, -0.2) is 0 Å². The maximum Gasteiger partial charge on any atom is 0.220 e. The number of rotatable bonds is 21. The van der Waals surface area contributed by atoms with Crippen LogP contribution in [0, 0.1) is 5.41 Å². The minimum atomic E-state index is -0.0625. The second-order valence-electron chi connectivity index (χ2n) is 15.5. The van der Waals surface area contributed by atoms with Crippen LogP contribution < -0.4 is 21.3 Å². The molecule has 0 heterocycles. The Balaban J connectivity index is 0. The topological polar surface area (TPSA) is 110 Å². The zero-order valence-corrected chi connectivity index (χ0v) is 30.4. The van der Waals surface area contributed by atoms with Crippen LogP contribution in [0.1, 0.15) is 128 Å².